The second kappa shape index (κ2) is 3.15. The second-order valence-electron chi connectivity index (χ2n) is 2.87. The van der Waals surface area contributed by atoms with Crippen molar-refractivity contribution < 1.29 is 4.18 Å². The van der Waals surface area contributed by atoms with Crippen LogP contribution in [0.1, 0.15) is 19.3 Å². The molecule has 0 aromatic heterocycles. The van der Waals surface area contributed by atoms with E-state index in [2.05, 4.69) is 24.4 Å². The molecule has 0 fully saturated rings. The summed E-state index contributed by atoms with van der Waals surface area (Å²) in [4.78, 5) is 1.57. The number of thioether (sulfide) groups is 1. The van der Waals surface area contributed by atoms with Crippen LogP contribution in [0.15, 0.2) is 22.1 Å². The molecule has 1 nitrogen and oxygen atoms in total. The van der Waals surface area contributed by atoms with Crippen LogP contribution in [0.25, 0.3) is 0 Å². The van der Waals surface area contributed by atoms with Crippen LogP contribution in [0.3, 0.4) is 0 Å². The van der Waals surface area contributed by atoms with Crippen molar-refractivity contribution in [3.8, 4) is 0 Å². The zero-order chi connectivity index (χ0) is 7.68. The summed E-state index contributed by atoms with van der Waals surface area (Å²) in [5, 5.41) is 2.24. The van der Waals surface area contributed by atoms with E-state index >= 15 is 0 Å². The Kier molecular flexibility index (Phi) is 2.18. The first-order chi connectivity index (χ1) is 5.40. The lowest BCUT2D eigenvalue weighted by Crippen LogP contribution is -2.03. The minimum Gasteiger partial charge on any atom is -0.434 e. The van der Waals surface area contributed by atoms with Crippen LogP contribution in [0.4, 0.5) is 0 Å². The molecule has 1 unspecified atom stereocenters. The molecule has 1 aliphatic carbocycles. The summed E-state index contributed by atoms with van der Waals surface area (Å²) in [6.07, 6.45) is 5.56. The van der Waals surface area contributed by atoms with Crippen LogP contribution >= 0.6 is 24.7 Å². The van der Waals surface area contributed by atoms with Gasteiger partial charge >= 0.3 is 0 Å². The molecule has 3 heteroatoms. The average molecular weight is 186 g/mol. The smallest absolute Gasteiger partial charge is 0.110 e. The molecule has 60 valence electrons. The van der Waals surface area contributed by atoms with Gasteiger partial charge in [-0.15, -0.1) is 11.8 Å². The highest BCUT2D eigenvalue weighted by atomic mass is 32.2. The molecule has 2 rings (SSSR count). The lowest BCUT2D eigenvalue weighted by atomic mass is 9.94. The van der Waals surface area contributed by atoms with Crippen molar-refractivity contribution >= 4 is 24.7 Å². The lowest BCUT2D eigenvalue weighted by Gasteiger charge is -2.17. The largest absolute Gasteiger partial charge is 0.434 e. The molecular formula is C8H10OS2. The number of allylic oxidation sites excluding steroid dienone is 3. The van der Waals surface area contributed by atoms with Gasteiger partial charge in [0.25, 0.3) is 0 Å². The summed E-state index contributed by atoms with van der Waals surface area (Å²) < 4.78 is 4.87. The van der Waals surface area contributed by atoms with E-state index in [0.717, 1.165) is 24.5 Å². The van der Waals surface area contributed by atoms with Gasteiger partial charge in [-0.2, -0.15) is 0 Å². The quantitative estimate of drug-likeness (QED) is 0.524. The zero-order valence-electron chi connectivity index (χ0n) is 6.12. The molecule has 0 radical (unpaired) electrons. The van der Waals surface area contributed by atoms with E-state index in [-0.39, 0.29) is 0 Å². The third-order valence-corrected chi connectivity index (χ3v) is 3.22. The topological polar surface area (TPSA) is 9.23 Å². The van der Waals surface area contributed by atoms with Crippen LogP contribution < -0.4 is 0 Å². The van der Waals surface area contributed by atoms with Gasteiger partial charge in [-0.05, 0) is 35.1 Å². The van der Waals surface area contributed by atoms with Crippen molar-refractivity contribution in [2.45, 2.75) is 19.3 Å². The molecule has 0 spiro atoms. The average Bonchev–Trinajstić information content (AvgIpc) is 2.87. The Hall–Kier alpha value is -0.0200. The molecule has 11 heavy (non-hydrogen) atoms. The van der Waals surface area contributed by atoms with Crippen molar-refractivity contribution in [3.05, 3.63) is 22.1 Å². The zero-order valence-corrected chi connectivity index (χ0v) is 7.83. The van der Waals surface area contributed by atoms with E-state index in [9.17, 15) is 0 Å². The van der Waals surface area contributed by atoms with Gasteiger partial charge < -0.3 is 4.18 Å². The number of hydrogen-bond acceptors (Lipinski definition) is 3. The second-order valence-corrected chi connectivity index (χ2v) is 4.00. The third-order valence-electron chi connectivity index (χ3n) is 2.14. The maximum atomic E-state index is 4.87. The van der Waals surface area contributed by atoms with Crippen molar-refractivity contribution in [1.82, 2.24) is 0 Å². The van der Waals surface area contributed by atoms with Crippen molar-refractivity contribution in [2.24, 2.45) is 5.92 Å². The molecule has 1 aliphatic heterocycles. The van der Waals surface area contributed by atoms with Crippen molar-refractivity contribution in [2.75, 3.05) is 0 Å². The van der Waals surface area contributed by atoms with Crippen molar-refractivity contribution in [1.29, 1.82) is 0 Å². The van der Waals surface area contributed by atoms with Gasteiger partial charge in [0.15, 0.2) is 0 Å². The highest BCUT2D eigenvalue weighted by Gasteiger charge is 2.23. The minimum atomic E-state index is 0.784. The molecule has 0 aromatic carbocycles. The van der Waals surface area contributed by atoms with Gasteiger partial charge in [0.05, 0.1) is 0 Å². The van der Waals surface area contributed by atoms with E-state index in [1.165, 1.54) is 6.42 Å². The van der Waals surface area contributed by atoms with Crippen LogP contribution in [0.5, 0.6) is 0 Å². The Labute approximate surface area is 76.5 Å². The van der Waals surface area contributed by atoms with E-state index in [4.69, 9.17) is 4.18 Å². The number of thiol groups is 1. The maximum absolute atomic E-state index is 4.87. The van der Waals surface area contributed by atoms with Gasteiger partial charge in [-0.3, -0.25) is 0 Å². The molecule has 0 aromatic rings. The van der Waals surface area contributed by atoms with E-state index in [1.807, 2.05) is 11.8 Å². The minimum absolute atomic E-state index is 0.784. The van der Waals surface area contributed by atoms with Gasteiger partial charge in [-0.1, -0.05) is 0 Å². The Morgan fingerprint density at radius 1 is 1.64 bits per heavy atom. The first-order valence-electron chi connectivity index (χ1n) is 3.77. The van der Waals surface area contributed by atoms with Gasteiger partial charge in [0.1, 0.15) is 5.76 Å². The summed E-state index contributed by atoms with van der Waals surface area (Å²) in [6, 6.07) is 0. The molecule has 0 saturated carbocycles. The summed E-state index contributed by atoms with van der Waals surface area (Å²) >= 11 is 5.66. The Morgan fingerprint density at radius 3 is 2.91 bits per heavy atom. The molecule has 0 N–H and O–H groups in total. The van der Waals surface area contributed by atoms with Crippen molar-refractivity contribution in [3.63, 3.8) is 0 Å². The maximum Gasteiger partial charge on any atom is 0.110 e. The first kappa shape index (κ1) is 7.62. The standard InChI is InChI=1S/C8H10OS2/c10-9-7-3-1-6(2-4-7)8-5-11-8/h3,5-6,10H,1-2,4H2. The third kappa shape index (κ3) is 1.76. The number of hydrogen-bond donors (Lipinski definition) is 1. The normalized spacial score (nSPS) is 29.0. The molecular weight excluding hydrogens is 176 g/mol. The first-order valence-corrected chi connectivity index (χ1v) is 5.02. The molecule has 0 bridgehead atoms. The highest BCUT2D eigenvalue weighted by molar-refractivity contribution is 8.12. The Morgan fingerprint density at radius 2 is 2.45 bits per heavy atom. The molecule has 1 atom stereocenters. The predicted octanol–water partition coefficient (Wildman–Crippen LogP) is 3.12. The van der Waals surface area contributed by atoms with Crippen LogP contribution in [0, 0.1) is 5.92 Å². The highest BCUT2D eigenvalue weighted by Crippen LogP contribution is 2.45. The Balaban J connectivity index is 1.93. The summed E-state index contributed by atoms with van der Waals surface area (Å²) in [5.41, 5.74) is 0. The fourth-order valence-electron chi connectivity index (χ4n) is 1.38. The Bertz CT molecular complexity index is 220. The molecule has 0 amide bonds. The SMILES string of the molecule is SOC1=CCC(C2=CS2)CC1. The molecule has 1 heterocycles. The van der Waals surface area contributed by atoms with Gasteiger partial charge in [0.2, 0.25) is 0 Å². The van der Waals surface area contributed by atoms with E-state index in [1.54, 1.807) is 4.91 Å². The summed E-state index contributed by atoms with van der Waals surface area (Å²) in [7, 11) is 0. The van der Waals surface area contributed by atoms with Gasteiger partial charge in [0, 0.05) is 19.3 Å². The lowest BCUT2D eigenvalue weighted by molar-refractivity contribution is 0.419. The fourth-order valence-corrected chi connectivity index (χ4v) is 2.21. The molecule has 2 aliphatic rings. The van der Waals surface area contributed by atoms with Crippen LogP contribution in [0.2, 0.25) is 0 Å². The van der Waals surface area contributed by atoms with Gasteiger partial charge in [-0.25, -0.2) is 0 Å². The summed E-state index contributed by atoms with van der Waals surface area (Å²) in [5.74, 6) is 1.82. The number of rotatable bonds is 2. The van der Waals surface area contributed by atoms with Crippen LogP contribution in [-0.4, -0.2) is 0 Å². The molecule has 0 saturated heterocycles. The van der Waals surface area contributed by atoms with E-state index < -0.39 is 0 Å². The summed E-state index contributed by atoms with van der Waals surface area (Å²) in [6.45, 7) is 0. The van der Waals surface area contributed by atoms with Crippen LogP contribution in [-0.2, 0) is 4.18 Å². The fraction of sp³-hybridized carbons (Fsp3) is 0.500. The van der Waals surface area contributed by atoms with E-state index in [0.29, 0.717) is 0 Å². The monoisotopic (exact) mass is 186 g/mol. The predicted molar refractivity (Wildman–Crippen MR) is 51.2 cm³/mol.